The first-order chi connectivity index (χ1) is 6.48. The summed E-state index contributed by atoms with van der Waals surface area (Å²) in [6, 6.07) is 0. The molecule has 1 nitrogen and oxygen atoms in total. The number of Topliss-reactive ketones (excluding diaryl/α,β-unsaturated/α-hetero) is 1. The maximum atomic E-state index is 12.3. The summed E-state index contributed by atoms with van der Waals surface area (Å²) in [5, 5.41) is 0. The number of ketones is 1. The van der Waals surface area contributed by atoms with E-state index in [4.69, 9.17) is 0 Å². The summed E-state index contributed by atoms with van der Waals surface area (Å²) in [6.07, 6.45) is 7.00. The first-order valence-corrected chi connectivity index (χ1v) is 5.64. The van der Waals surface area contributed by atoms with Crippen LogP contribution in [0.2, 0.25) is 0 Å². The van der Waals surface area contributed by atoms with Crippen molar-refractivity contribution in [2.75, 3.05) is 0 Å². The van der Waals surface area contributed by atoms with Crippen LogP contribution in [0.1, 0.15) is 52.9 Å². The highest BCUT2D eigenvalue weighted by molar-refractivity contribution is 5.90. The van der Waals surface area contributed by atoms with Gasteiger partial charge in [-0.25, -0.2) is 0 Å². The summed E-state index contributed by atoms with van der Waals surface area (Å²) < 4.78 is 0. The number of hydrogen-bond donors (Lipinski definition) is 0. The molecule has 0 aromatic heterocycles. The molecule has 0 aromatic rings. The molecule has 80 valence electrons. The normalized spacial score (nSPS) is 31.5. The van der Waals surface area contributed by atoms with Gasteiger partial charge in [-0.1, -0.05) is 33.3 Å². The Hall–Kier alpha value is -0.590. The van der Waals surface area contributed by atoms with Gasteiger partial charge in [-0.3, -0.25) is 4.79 Å². The van der Waals surface area contributed by atoms with E-state index in [-0.39, 0.29) is 10.8 Å². The molecule has 0 aromatic carbocycles. The van der Waals surface area contributed by atoms with Crippen LogP contribution in [0.5, 0.6) is 0 Å². The molecule has 1 heteroatoms. The topological polar surface area (TPSA) is 17.1 Å². The van der Waals surface area contributed by atoms with Gasteiger partial charge < -0.3 is 0 Å². The second-order valence-corrected chi connectivity index (χ2v) is 5.19. The standard InChI is InChI=1S/C13H22O/c1-5-8-13(6-2)10-7-9-12(3,4)11(13)14/h5H,1,6-10H2,2-4H3. The predicted molar refractivity (Wildman–Crippen MR) is 60.2 cm³/mol. The molecule has 0 spiro atoms. The van der Waals surface area contributed by atoms with Gasteiger partial charge in [-0.05, 0) is 25.7 Å². The Morgan fingerprint density at radius 1 is 1.43 bits per heavy atom. The highest BCUT2D eigenvalue weighted by atomic mass is 16.1. The van der Waals surface area contributed by atoms with E-state index in [9.17, 15) is 4.79 Å². The average molecular weight is 194 g/mol. The number of carbonyl (C=O) groups is 1. The fraction of sp³-hybridized carbons (Fsp3) is 0.769. The number of allylic oxidation sites excluding steroid dienone is 1. The maximum absolute atomic E-state index is 12.3. The average Bonchev–Trinajstić information content (AvgIpc) is 2.13. The summed E-state index contributed by atoms with van der Waals surface area (Å²) in [7, 11) is 0. The van der Waals surface area contributed by atoms with Crippen LogP contribution < -0.4 is 0 Å². The lowest BCUT2D eigenvalue weighted by molar-refractivity contribution is -0.142. The highest BCUT2D eigenvalue weighted by Crippen LogP contribution is 2.47. The van der Waals surface area contributed by atoms with E-state index in [1.165, 1.54) is 6.42 Å². The molecule has 0 heterocycles. The van der Waals surface area contributed by atoms with Crippen molar-refractivity contribution in [3.05, 3.63) is 12.7 Å². The van der Waals surface area contributed by atoms with Gasteiger partial charge in [0.15, 0.2) is 0 Å². The number of rotatable bonds is 3. The molecule has 1 unspecified atom stereocenters. The Morgan fingerprint density at radius 2 is 2.07 bits per heavy atom. The van der Waals surface area contributed by atoms with Crippen molar-refractivity contribution in [3.63, 3.8) is 0 Å². The summed E-state index contributed by atoms with van der Waals surface area (Å²) in [4.78, 5) is 12.3. The van der Waals surface area contributed by atoms with Gasteiger partial charge in [0.2, 0.25) is 0 Å². The van der Waals surface area contributed by atoms with Crippen LogP contribution in [0.3, 0.4) is 0 Å². The van der Waals surface area contributed by atoms with Crippen LogP contribution in [-0.4, -0.2) is 5.78 Å². The zero-order chi connectivity index (χ0) is 10.8. The van der Waals surface area contributed by atoms with Crippen molar-refractivity contribution >= 4 is 5.78 Å². The summed E-state index contributed by atoms with van der Waals surface area (Å²) in [6.45, 7) is 10.1. The molecule has 0 radical (unpaired) electrons. The minimum absolute atomic E-state index is 0.0938. The van der Waals surface area contributed by atoms with Crippen molar-refractivity contribution in [2.24, 2.45) is 10.8 Å². The zero-order valence-corrected chi connectivity index (χ0v) is 9.73. The molecule has 1 rings (SSSR count). The third kappa shape index (κ3) is 1.77. The second kappa shape index (κ2) is 3.88. The smallest absolute Gasteiger partial charge is 0.144 e. The van der Waals surface area contributed by atoms with Crippen molar-refractivity contribution in [3.8, 4) is 0 Å². The van der Waals surface area contributed by atoms with E-state index in [2.05, 4.69) is 27.4 Å². The molecule has 1 fully saturated rings. The van der Waals surface area contributed by atoms with E-state index < -0.39 is 0 Å². The van der Waals surface area contributed by atoms with Gasteiger partial charge in [-0.15, -0.1) is 6.58 Å². The lowest BCUT2D eigenvalue weighted by Crippen LogP contribution is -2.43. The van der Waals surface area contributed by atoms with Crippen molar-refractivity contribution in [1.29, 1.82) is 0 Å². The minimum Gasteiger partial charge on any atom is -0.298 e. The number of carbonyl (C=O) groups excluding carboxylic acids is 1. The van der Waals surface area contributed by atoms with Crippen molar-refractivity contribution in [2.45, 2.75) is 52.9 Å². The monoisotopic (exact) mass is 194 g/mol. The lowest BCUT2D eigenvalue weighted by Gasteiger charge is -2.42. The fourth-order valence-corrected chi connectivity index (χ4v) is 2.77. The van der Waals surface area contributed by atoms with Gasteiger partial charge in [-0.2, -0.15) is 0 Å². The second-order valence-electron chi connectivity index (χ2n) is 5.19. The predicted octanol–water partition coefficient (Wildman–Crippen LogP) is 3.74. The van der Waals surface area contributed by atoms with Gasteiger partial charge in [0.05, 0.1) is 0 Å². The Kier molecular flexibility index (Phi) is 3.18. The van der Waals surface area contributed by atoms with Gasteiger partial charge in [0.1, 0.15) is 5.78 Å². The van der Waals surface area contributed by atoms with Crippen LogP contribution >= 0.6 is 0 Å². The molecule has 1 aliphatic rings. The molecule has 0 amide bonds. The summed E-state index contributed by atoms with van der Waals surface area (Å²) >= 11 is 0. The molecule has 14 heavy (non-hydrogen) atoms. The molecular formula is C13H22O. The fourth-order valence-electron chi connectivity index (χ4n) is 2.77. The molecule has 1 aliphatic carbocycles. The summed E-state index contributed by atoms with van der Waals surface area (Å²) in [5.41, 5.74) is -0.208. The van der Waals surface area contributed by atoms with Gasteiger partial charge >= 0.3 is 0 Å². The first-order valence-electron chi connectivity index (χ1n) is 5.64. The third-order valence-corrected chi connectivity index (χ3v) is 3.77. The van der Waals surface area contributed by atoms with E-state index in [0.29, 0.717) is 5.78 Å². The molecule has 0 aliphatic heterocycles. The van der Waals surface area contributed by atoms with E-state index >= 15 is 0 Å². The van der Waals surface area contributed by atoms with Crippen LogP contribution in [-0.2, 0) is 4.79 Å². The van der Waals surface area contributed by atoms with Crippen LogP contribution in [0.15, 0.2) is 12.7 Å². The van der Waals surface area contributed by atoms with Crippen LogP contribution in [0.4, 0.5) is 0 Å². The van der Waals surface area contributed by atoms with Gasteiger partial charge in [0, 0.05) is 10.8 Å². The minimum atomic E-state index is -0.114. The lowest BCUT2D eigenvalue weighted by atomic mass is 9.60. The zero-order valence-electron chi connectivity index (χ0n) is 9.73. The number of hydrogen-bond acceptors (Lipinski definition) is 1. The van der Waals surface area contributed by atoms with E-state index in [1.54, 1.807) is 0 Å². The largest absolute Gasteiger partial charge is 0.298 e. The van der Waals surface area contributed by atoms with Crippen molar-refractivity contribution in [1.82, 2.24) is 0 Å². The Bertz CT molecular complexity index is 240. The molecule has 0 N–H and O–H groups in total. The first kappa shape index (κ1) is 11.5. The molecule has 1 saturated carbocycles. The van der Waals surface area contributed by atoms with E-state index in [0.717, 1.165) is 25.7 Å². The van der Waals surface area contributed by atoms with Crippen LogP contribution in [0.25, 0.3) is 0 Å². The Balaban J connectivity index is 2.95. The summed E-state index contributed by atoms with van der Waals surface area (Å²) in [5.74, 6) is 0.457. The van der Waals surface area contributed by atoms with Crippen LogP contribution in [0, 0.1) is 10.8 Å². The maximum Gasteiger partial charge on any atom is 0.144 e. The Morgan fingerprint density at radius 3 is 2.57 bits per heavy atom. The molecule has 0 bridgehead atoms. The third-order valence-electron chi connectivity index (χ3n) is 3.77. The van der Waals surface area contributed by atoms with Gasteiger partial charge in [0.25, 0.3) is 0 Å². The molecule has 0 saturated heterocycles. The Labute approximate surface area is 87.6 Å². The quantitative estimate of drug-likeness (QED) is 0.625. The SMILES string of the molecule is C=CCC1(CC)CCCC(C)(C)C1=O. The molecular weight excluding hydrogens is 172 g/mol. The van der Waals surface area contributed by atoms with E-state index in [1.807, 2.05) is 6.08 Å². The highest BCUT2D eigenvalue weighted by Gasteiger charge is 2.46. The molecule has 1 atom stereocenters. The van der Waals surface area contributed by atoms with Crippen molar-refractivity contribution < 1.29 is 4.79 Å².